The molecule has 3 nitrogen and oxygen atoms in total. The molecule has 1 heterocycles. The van der Waals surface area contributed by atoms with Crippen molar-refractivity contribution >= 4 is 18.3 Å². The van der Waals surface area contributed by atoms with Gasteiger partial charge in [-0.25, -0.2) is 4.98 Å². The molecule has 4 heteroatoms. The molecule has 0 aromatic carbocycles. The van der Waals surface area contributed by atoms with Crippen LogP contribution in [0.4, 0.5) is 5.69 Å². The number of rotatable bonds is 1. The first-order valence-electron chi connectivity index (χ1n) is 3.68. The summed E-state index contributed by atoms with van der Waals surface area (Å²) in [5, 5.41) is 0. The van der Waals surface area contributed by atoms with Crippen LogP contribution in [-0.2, 0) is 0 Å². The smallest absolute Gasteiger partial charge is 0.238 e. The Hall–Kier alpha value is -1.34. The van der Waals surface area contributed by atoms with Gasteiger partial charge >= 0.3 is 0 Å². The van der Waals surface area contributed by atoms with E-state index in [1.165, 1.54) is 7.11 Å². The van der Waals surface area contributed by atoms with E-state index in [4.69, 9.17) is 10.5 Å². The van der Waals surface area contributed by atoms with Crippen LogP contribution in [0.25, 0.3) is 0 Å². The van der Waals surface area contributed by atoms with Crippen LogP contribution in [0.1, 0.15) is 5.69 Å². The van der Waals surface area contributed by atoms with Crippen molar-refractivity contribution < 1.29 is 4.74 Å². The first kappa shape index (κ1) is 9.75. The molecule has 13 heavy (non-hydrogen) atoms. The van der Waals surface area contributed by atoms with E-state index >= 15 is 0 Å². The molecule has 0 spiro atoms. The SMILES string of the molecule is COc1nc(C#CCS)ccc1N. The lowest BCUT2D eigenvalue weighted by molar-refractivity contribution is 0.400. The number of pyridine rings is 1. The van der Waals surface area contributed by atoms with E-state index in [-0.39, 0.29) is 0 Å². The van der Waals surface area contributed by atoms with Crippen molar-refractivity contribution in [3.8, 4) is 17.7 Å². The number of ether oxygens (including phenoxy) is 1. The fourth-order valence-electron chi connectivity index (χ4n) is 0.814. The second kappa shape index (κ2) is 4.63. The Balaban J connectivity index is 2.99. The Bertz CT molecular complexity index is 354. The number of hydrogen-bond acceptors (Lipinski definition) is 4. The summed E-state index contributed by atoms with van der Waals surface area (Å²) in [4.78, 5) is 4.07. The molecule has 0 amide bonds. The van der Waals surface area contributed by atoms with Gasteiger partial charge in [0, 0.05) is 0 Å². The van der Waals surface area contributed by atoms with E-state index in [2.05, 4.69) is 29.5 Å². The van der Waals surface area contributed by atoms with Gasteiger partial charge in [0.15, 0.2) is 0 Å². The number of nitrogens with two attached hydrogens (primary N) is 1. The number of thiol groups is 1. The number of aromatic nitrogens is 1. The van der Waals surface area contributed by atoms with E-state index in [0.717, 1.165) is 0 Å². The minimum absolute atomic E-state index is 0.408. The quantitative estimate of drug-likeness (QED) is 0.517. The molecular formula is C9H10N2OS. The van der Waals surface area contributed by atoms with Crippen LogP contribution in [0.15, 0.2) is 12.1 Å². The molecule has 0 saturated heterocycles. The van der Waals surface area contributed by atoms with Gasteiger partial charge in [-0.2, -0.15) is 12.6 Å². The molecule has 1 rings (SSSR count). The Labute approximate surface area is 82.7 Å². The highest BCUT2D eigenvalue weighted by atomic mass is 32.1. The lowest BCUT2D eigenvalue weighted by atomic mass is 10.3. The lowest BCUT2D eigenvalue weighted by Crippen LogP contribution is -1.96. The summed E-state index contributed by atoms with van der Waals surface area (Å²) in [6.45, 7) is 0. The third-order valence-corrected chi connectivity index (χ3v) is 1.54. The molecule has 0 atom stereocenters. The monoisotopic (exact) mass is 194 g/mol. The van der Waals surface area contributed by atoms with Crippen molar-refractivity contribution in [3.63, 3.8) is 0 Å². The summed E-state index contributed by atoms with van der Waals surface area (Å²) < 4.78 is 4.94. The van der Waals surface area contributed by atoms with Crippen molar-refractivity contribution in [2.75, 3.05) is 18.6 Å². The van der Waals surface area contributed by atoms with Gasteiger partial charge in [0.25, 0.3) is 0 Å². The zero-order valence-corrected chi connectivity index (χ0v) is 8.14. The minimum Gasteiger partial charge on any atom is -0.479 e. The van der Waals surface area contributed by atoms with E-state index in [0.29, 0.717) is 23.0 Å². The molecule has 0 bridgehead atoms. The van der Waals surface area contributed by atoms with Gasteiger partial charge in [-0.15, -0.1) is 0 Å². The van der Waals surface area contributed by atoms with Crippen molar-refractivity contribution in [2.24, 2.45) is 0 Å². The number of hydrogen-bond donors (Lipinski definition) is 2. The van der Waals surface area contributed by atoms with Crippen LogP contribution >= 0.6 is 12.6 Å². The number of nitrogens with zero attached hydrogens (tertiary/aromatic N) is 1. The fourth-order valence-corrected chi connectivity index (χ4v) is 0.893. The van der Waals surface area contributed by atoms with Gasteiger partial charge < -0.3 is 10.5 Å². The molecule has 1 aromatic rings. The van der Waals surface area contributed by atoms with Gasteiger partial charge in [0.05, 0.1) is 18.6 Å². The Morgan fingerprint density at radius 2 is 2.38 bits per heavy atom. The molecule has 2 N–H and O–H groups in total. The van der Waals surface area contributed by atoms with E-state index in [9.17, 15) is 0 Å². The highest BCUT2D eigenvalue weighted by molar-refractivity contribution is 7.80. The van der Waals surface area contributed by atoms with Crippen molar-refractivity contribution in [1.29, 1.82) is 0 Å². The maximum atomic E-state index is 5.58. The first-order valence-corrected chi connectivity index (χ1v) is 4.31. The Morgan fingerprint density at radius 1 is 1.62 bits per heavy atom. The molecule has 68 valence electrons. The zero-order valence-electron chi connectivity index (χ0n) is 7.24. The van der Waals surface area contributed by atoms with Gasteiger partial charge in [-0.3, -0.25) is 0 Å². The maximum Gasteiger partial charge on any atom is 0.238 e. The molecule has 0 radical (unpaired) electrons. The second-order valence-corrected chi connectivity index (χ2v) is 2.57. The second-order valence-electron chi connectivity index (χ2n) is 2.25. The highest BCUT2D eigenvalue weighted by Crippen LogP contribution is 2.16. The van der Waals surface area contributed by atoms with Crippen LogP contribution in [0.2, 0.25) is 0 Å². The number of anilines is 1. The summed E-state index contributed by atoms with van der Waals surface area (Å²) in [6.07, 6.45) is 0. The standard InChI is InChI=1S/C9H10N2OS/c1-12-9-8(10)5-4-7(11-9)3-2-6-13/h4-5,13H,6,10H2,1H3. The molecule has 0 saturated carbocycles. The number of nitrogen functional groups attached to an aromatic ring is 1. The van der Waals surface area contributed by atoms with Crippen LogP contribution < -0.4 is 10.5 Å². The largest absolute Gasteiger partial charge is 0.479 e. The molecule has 1 aromatic heterocycles. The van der Waals surface area contributed by atoms with Crippen molar-refractivity contribution in [2.45, 2.75) is 0 Å². The summed E-state index contributed by atoms with van der Waals surface area (Å²) >= 11 is 3.96. The van der Waals surface area contributed by atoms with Gasteiger partial charge in [-0.1, -0.05) is 5.92 Å². The third kappa shape index (κ3) is 2.56. The average molecular weight is 194 g/mol. The summed E-state index contributed by atoms with van der Waals surface area (Å²) in [6, 6.07) is 3.46. The predicted octanol–water partition coefficient (Wildman–Crippen LogP) is 0.954. The normalized spacial score (nSPS) is 8.77. The van der Waals surface area contributed by atoms with E-state index < -0.39 is 0 Å². The summed E-state index contributed by atoms with van der Waals surface area (Å²) in [5.41, 5.74) is 6.73. The zero-order chi connectivity index (χ0) is 9.68. The molecule has 0 fully saturated rings. The molecule has 0 unspecified atom stereocenters. The third-order valence-electron chi connectivity index (χ3n) is 1.38. The van der Waals surface area contributed by atoms with Crippen molar-refractivity contribution in [3.05, 3.63) is 17.8 Å². The fraction of sp³-hybridized carbons (Fsp3) is 0.222. The molecule has 0 aliphatic rings. The van der Waals surface area contributed by atoms with Crippen LogP contribution in [-0.4, -0.2) is 17.8 Å². The predicted molar refractivity (Wildman–Crippen MR) is 55.9 cm³/mol. The molecule has 0 aliphatic heterocycles. The van der Waals surface area contributed by atoms with Crippen LogP contribution in [0.3, 0.4) is 0 Å². The highest BCUT2D eigenvalue weighted by Gasteiger charge is 1.99. The average Bonchev–Trinajstić information content (AvgIpc) is 2.16. The topological polar surface area (TPSA) is 48.1 Å². The van der Waals surface area contributed by atoms with E-state index in [1.807, 2.05) is 0 Å². The maximum absolute atomic E-state index is 5.58. The van der Waals surface area contributed by atoms with Crippen LogP contribution in [0.5, 0.6) is 5.88 Å². The molecule has 0 aliphatic carbocycles. The molecular weight excluding hydrogens is 184 g/mol. The van der Waals surface area contributed by atoms with Gasteiger partial charge in [0.2, 0.25) is 5.88 Å². The number of methoxy groups -OCH3 is 1. The Kier molecular flexibility index (Phi) is 3.47. The summed E-state index contributed by atoms with van der Waals surface area (Å²) in [5.74, 6) is 6.53. The lowest BCUT2D eigenvalue weighted by Gasteiger charge is -2.01. The van der Waals surface area contributed by atoms with E-state index in [1.54, 1.807) is 12.1 Å². The minimum atomic E-state index is 0.408. The van der Waals surface area contributed by atoms with Crippen molar-refractivity contribution in [1.82, 2.24) is 4.98 Å². The van der Waals surface area contributed by atoms with Gasteiger partial charge in [-0.05, 0) is 18.1 Å². The van der Waals surface area contributed by atoms with Gasteiger partial charge in [0.1, 0.15) is 5.69 Å². The van der Waals surface area contributed by atoms with Crippen LogP contribution in [0, 0.1) is 11.8 Å². The summed E-state index contributed by atoms with van der Waals surface area (Å²) in [7, 11) is 1.52. The first-order chi connectivity index (χ1) is 6.27. The Morgan fingerprint density at radius 3 is 3.00 bits per heavy atom.